The minimum absolute atomic E-state index is 0.371. The molecule has 24 heavy (non-hydrogen) atoms. The fourth-order valence-electron chi connectivity index (χ4n) is 3.82. The average molecular weight is 332 g/mol. The molecule has 2 aliphatic rings. The maximum Gasteiger partial charge on any atom is 0.0916 e. The van der Waals surface area contributed by atoms with E-state index in [1.54, 1.807) is 0 Å². The summed E-state index contributed by atoms with van der Waals surface area (Å²) in [5, 5.41) is 14.0. The van der Waals surface area contributed by atoms with Gasteiger partial charge in [-0.15, -0.1) is 0 Å². The number of aliphatic hydroxyl groups is 1. The summed E-state index contributed by atoms with van der Waals surface area (Å²) in [6.07, 6.45) is 6.26. The van der Waals surface area contributed by atoms with E-state index in [2.05, 4.69) is 10.2 Å². The van der Waals surface area contributed by atoms with Gasteiger partial charge in [0, 0.05) is 19.7 Å². The molecule has 2 atom stereocenters. The first-order valence-electron chi connectivity index (χ1n) is 9.59. The Hall–Kier alpha value is -0.940. The first-order chi connectivity index (χ1) is 11.8. The Morgan fingerprint density at radius 1 is 1.08 bits per heavy atom. The molecule has 4 heteroatoms. The summed E-state index contributed by atoms with van der Waals surface area (Å²) >= 11 is 0. The van der Waals surface area contributed by atoms with Crippen molar-refractivity contribution >= 4 is 0 Å². The second kappa shape index (κ2) is 9.52. The van der Waals surface area contributed by atoms with Crippen molar-refractivity contribution < 1.29 is 9.84 Å². The standard InChI is InChI=1S/C20H32N2O2/c23-20(18-6-2-1-3-7-18)16-22-11-9-17(10-12-22)14-21-15-19-8-4-5-13-24-19/h1-3,6-7,17,19-21,23H,4-5,8-16H2. The van der Waals surface area contributed by atoms with Crippen LogP contribution in [0.3, 0.4) is 0 Å². The predicted octanol–water partition coefficient (Wildman–Crippen LogP) is 2.59. The third kappa shape index (κ3) is 5.55. The number of ether oxygens (including phenoxy) is 1. The van der Waals surface area contributed by atoms with Gasteiger partial charge in [-0.25, -0.2) is 0 Å². The molecule has 0 aromatic heterocycles. The second-order valence-electron chi connectivity index (χ2n) is 7.32. The summed E-state index contributed by atoms with van der Waals surface area (Å²) < 4.78 is 5.77. The molecule has 0 aliphatic carbocycles. The van der Waals surface area contributed by atoms with Crippen LogP contribution in [0.25, 0.3) is 0 Å². The van der Waals surface area contributed by atoms with Gasteiger partial charge in [-0.3, -0.25) is 0 Å². The molecule has 1 aromatic rings. The van der Waals surface area contributed by atoms with E-state index in [1.807, 2.05) is 30.3 Å². The zero-order chi connectivity index (χ0) is 16.6. The number of nitrogens with zero attached hydrogens (tertiary/aromatic N) is 1. The van der Waals surface area contributed by atoms with Crippen LogP contribution < -0.4 is 5.32 Å². The number of β-amino-alcohol motifs (C(OH)–C–C–N with tert-alkyl or cyclic N) is 1. The number of aliphatic hydroxyl groups excluding tert-OH is 1. The van der Waals surface area contributed by atoms with Gasteiger partial charge in [0.05, 0.1) is 12.2 Å². The number of rotatable bonds is 7. The first kappa shape index (κ1) is 17.9. The quantitative estimate of drug-likeness (QED) is 0.806. The first-order valence-corrected chi connectivity index (χ1v) is 9.59. The number of benzene rings is 1. The monoisotopic (exact) mass is 332 g/mol. The van der Waals surface area contributed by atoms with E-state index < -0.39 is 0 Å². The van der Waals surface area contributed by atoms with E-state index in [0.29, 0.717) is 6.10 Å². The lowest BCUT2D eigenvalue weighted by Crippen LogP contribution is -2.40. The van der Waals surface area contributed by atoms with Crippen LogP contribution in [0.5, 0.6) is 0 Å². The number of hydrogen-bond acceptors (Lipinski definition) is 4. The highest BCUT2D eigenvalue weighted by atomic mass is 16.5. The molecule has 2 N–H and O–H groups in total. The Kier molecular flexibility index (Phi) is 7.09. The molecule has 134 valence electrons. The third-order valence-corrected chi connectivity index (χ3v) is 5.40. The lowest BCUT2D eigenvalue weighted by molar-refractivity contribution is 0.0158. The molecule has 4 nitrogen and oxygen atoms in total. The highest BCUT2D eigenvalue weighted by molar-refractivity contribution is 5.17. The highest BCUT2D eigenvalue weighted by Gasteiger charge is 2.22. The predicted molar refractivity (Wildman–Crippen MR) is 97.0 cm³/mol. The van der Waals surface area contributed by atoms with Gasteiger partial charge in [0.1, 0.15) is 0 Å². The van der Waals surface area contributed by atoms with Gasteiger partial charge in [-0.2, -0.15) is 0 Å². The van der Waals surface area contributed by atoms with Crippen molar-refractivity contribution in [3.63, 3.8) is 0 Å². The van der Waals surface area contributed by atoms with Gasteiger partial charge < -0.3 is 20.1 Å². The molecule has 0 amide bonds. The largest absolute Gasteiger partial charge is 0.387 e. The molecule has 2 heterocycles. The Labute approximate surface area is 146 Å². The Bertz CT molecular complexity index is 454. The van der Waals surface area contributed by atoms with Crippen LogP contribution in [0, 0.1) is 5.92 Å². The summed E-state index contributed by atoms with van der Waals surface area (Å²) in [6.45, 7) is 5.99. The van der Waals surface area contributed by atoms with Crippen LogP contribution in [0.2, 0.25) is 0 Å². The lowest BCUT2D eigenvalue weighted by atomic mass is 9.96. The molecular formula is C20H32N2O2. The van der Waals surface area contributed by atoms with Crippen molar-refractivity contribution in [2.45, 2.75) is 44.3 Å². The van der Waals surface area contributed by atoms with Crippen LogP contribution in [0.15, 0.2) is 30.3 Å². The van der Waals surface area contributed by atoms with Crippen LogP contribution in [0.1, 0.15) is 43.8 Å². The van der Waals surface area contributed by atoms with Gasteiger partial charge in [0.25, 0.3) is 0 Å². The normalized spacial score (nSPS) is 24.8. The molecule has 0 bridgehead atoms. The molecule has 0 saturated carbocycles. The summed E-state index contributed by atoms with van der Waals surface area (Å²) in [5.74, 6) is 0.763. The Morgan fingerprint density at radius 2 is 1.88 bits per heavy atom. The van der Waals surface area contributed by atoms with E-state index in [1.165, 1.54) is 32.1 Å². The maximum absolute atomic E-state index is 10.4. The van der Waals surface area contributed by atoms with Crippen LogP contribution in [-0.4, -0.2) is 55.4 Å². The molecule has 3 rings (SSSR count). The Morgan fingerprint density at radius 3 is 2.58 bits per heavy atom. The van der Waals surface area contributed by atoms with E-state index in [-0.39, 0.29) is 6.10 Å². The summed E-state index contributed by atoms with van der Waals surface area (Å²) in [7, 11) is 0. The van der Waals surface area contributed by atoms with E-state index in [9.17, 15) is 5.11 Å². The lowest BCUT2D eigenvalue weighted by Gasteiger charge is -2.33. The van der Waals surface area contributed by atoms with Crippen molar-refractivity contribution in [1.29, 1.82) is 0 Å². The third-order valence-electron chi connectivity index (χ3n) is 5.40. The Balaban J connectivity index is 1.31. The fourth-order valence-corrected chi connectivity index (χ4v) is 3.82. The van der Waals surface area contributed by atoms with Gasteiger partial charge >= 0.3 is 0 Å². The van der Waals surface area contributed by atoms with Gasteiger partial charge in [0.2, 0.25) is 0 Å². The molecule has 2 aliphatic heterocycles. The summed E-state index contributed by atoms with van der Waals surface area (Å²) in [4.78, 5) is 2.40. The average Bonchev–Trinajstić information content (AvgIpc) is 2.65. The zero-order valence-corrected chi connectivity index (χ0v) is 14.7. The molecule has 1 aromatic carbocycles. The number of hydrogen-bond donors (Lipinski definition) is 2. The van der Waals surface area contributed by atoms with Crippen molar-refractivity contribution in [3.05, 3.63) is 35.9 Å². The van der Waals surface area contributed by atoms with Crippen molar-refractivity contribution in [1.82, 2.24) is 10.2 Å². The van der Waals surface area contributed by atoms with Crippen LogP contribution >= 0.6 is 0 Å². The van der Waals surface area contributed by atoms with E-state index in [0.717, 1.165) is 50.8 Å². The SMILES string of the molecule is OC(CN1CCC(CNCC2CCCCO2)CC1)c1ccccc1. The number of piperidine rings is 1. The van der Waals surface area contributed by atoms with Crippen molar-refractivity contribution in [3.8, 4) is 0 Å². The second-order valence-corrected chi connectivity index (χ2v) is 7.32. The van der Waals surface area contributed by atoms with E-state index >= 15 is 0 Å². The van der Waals surface area contributed by atoms with E-state index in [4.69, 9.17) is 4.74 Å². The highest BCUT2D eigenvalue weighted by Crippen LogP contribution is 2.20. The smallest absolute Gasteiger partial charge is 0.0916 e. The molecule has 2 unspecified atom stereocenters. The van der Waals surface area contributed by atoms with Crippen LogP contribution in [-0.2, 0) is 4.74 Å². The van der Waals surface area contributed by atoms with Crippen molar-refractivity contribution in [2.75, 3.05) is 39.3 Å². The maximum atomic E-state index is 10.4. The number of nitrogens with one attached hydrogen (secondary N) is 1. The van der Waals surface area contributed by atoms with Gasteiger partial charge in [0.15, 0.2) is 0 Å². The topological polar surface area (TPSA) is 44.7 Å². The molecule has 0 radical (unpaired) electrons. The fraction of sp³-hybridized carbons (Fsp3) is 0.700. The van der Waals surface area contributed by atoms with Crippen LogP contribution in [0.4, 0.5) is 0 Å². The minimum atomic E-state index is -0.371. The molecular weight excluding hydrogens is 300 g/mol. The van der Waals surface area contributed by atoms with Gasteiger partial charge in [-0.05, 0) is 63.2 Å². The molecule has 0 spiro atoms. The number of likely N-dealkylation sites (tertiary alicyclic amines) is 1. The van der Waals surface area contributed by atoms with Gasteiger partial charge in [-0.1, -0.05) is 30.3 Å². The summed E-state index contributed by atoms with van der Waals surface area (Å²) in [5.41, 5.74) is 1.02. The van der Waals surface area contributed by atoms with Crippen molar-refractivity contribution in [2.24, 2.45) is 5.92 Å². The zero-order valence-electron chi connectivity index (χ0n) is 14.7. The molecule has 2 saturated heterocycles. The minimum Gasteiger partial charge on any atom is -0.387 e. The molecule has 2 fully saturated rings. The summed E-state index contributed by atoms with van der Waals surface area (Å²) in [6, 6.07) is 10.00.